The zero-order valence-electron chi connectivity index (χ0n) is 16.0. The van der Waals surface area contributed by atoms with Gasteiger partial charge in [-0.25, -0.2) is 9.36 Å². The topological polar surface area (TPSA) is 123 Å². The molecule has 0 fully saturated rings. The molecule has 0 aliphatic heterocycles. The Balaban J connectivity index is 2.69. The largest absolute Gasteiger partial charge is 0.480 e. The Morgan fingerprint density at radius 1 is 1.00 bits per heavy atom. The lowest BCUT2D eigenvalue weighted by Crippen LogP contribution is -2.08. The molecule has 0 aliphatic rings. The van der Waals surface area contributed by atoms with Crippen molar-refractivity contribution in [1.82, 2.24) is 19.6 Å². The maximum Gasteiger partial charge on any atom is 0.360 e. The van der Waals surface area contributed by atoms with Gasteiger partial charge >= 0.3 is 5.69 Å². The maximum atomic E-state index is 11.7. The lowest BCUT2D eigenvalue weighted by Gasteiger charge is -2.08. The highest BCUT2D eigenvalue weighted by Gasteiger charge is 2.34. The Bertz CT molecular complexity index is 793. The minimum atomic E-state index is -0.522. The zero-order chi connectivity index (χ0) is 19.6. The zero-order valence-corrected chi connectivity index (χ0v) is 16.0. The van der Waals surface area contributed by atoms with Crippen molar-refractivity contribution in [3.63, 3.8) is 0 Å². The first-order valence-corrected chi connectivity index (χ1v) is 8.40. The fraction of sp³-hybridized carbons (Fsp3) is 0.625. The highest BCUT2D eigenvalue weighted by atomic mass is 16.6. The maximum absolute atomic E-state index is 11.7. The first-order chi connectivity index (χ1) is 12.2. The number of methoxy groups -OCH3 is 2. The third-order valence-electron chi connectivity index (χ3n) is 3.69. The van der Waals surface area contributed by atoms with Crippen LogP contribution in [0.4, 0.5) is 11.4 Å². The molecule has 2 rings (SSSR count). The van der Waals surface area contributed by atoms with Crippen LogP contribution < -0.4 is 15.2 Å². The number of nitrogens with two attached hydrogens (primary N) is 1. The van der Waals surface area contributed by atoms with Crippen LogP contribution >= 0.6 is 0 Å². The van der Waals surface area contributed by atoms with E-state index in [1.54, 1.807) is 4.68 Å². The van der Waals surface area contributed by atoms with Gasteiger partial charge in [-0.2, -0.15) is 10.2 Å². The van der Waals surface area contributed by atoms with Gasteiger partial charge in [0.25, 0.3) is 5.88 Å². The summed E-state index contributed by atoms with van der Waals surface area (Å²) in [6.45, 7) is 9.06. The normalized spacial score (nSPS) is 11.4. The molecule has 0 radical (unpaired) electrons. The molecule has 0 unspecified atom stereocenters. The second-order valence-electron chi connectivity index (χ2n) is 6.89. The van der Waals surface area contributed by atoms with E-state index >= 15 is 0 Å². The lowest BCUT2D eigenvalue weighted by molar-refractivity contribution is -0.385. The van der Waals surface area contributed by atoms with Crippen LogP contribution in [-0.2, 0) is 13.1 Å². The van der Waals surface area contributed by atoms with Crippen molar-refractivity contribution in [2.45, 2.75) is 40.8 Å². The first-order valence-electron chi connectivity index (χ1n) is 8.40. The monoisotopic (exact) mass is 366 g/mol. The third kappa shape index (κ3) is 3.58. The Hall–Kier alpha value is -2.78. The summed E-state index contributed by atoms with van der Waals surface area (Å²) >= 11 is 0. The van der Waals surface area contributed by atoms with Gasteiger partial charge in [-0.3, -0.25) is 10.1 Å². The van der Waals surface area contributed by atoms with Crippen LogP contribution in [-0.4, -0.2) is 38.7 Å². The summed E-state index contributed by atoms with van der Waals surface area (Å²) in [5.41, 5.74) is 6.43. The van der Waals surface area contributed by atoms with Crippen molar-refractivity contribution < 1.29 is 14.4 Å². The van der Waals surface area contributed by atoms with Crippen molar-refractivity contribution in [3.8, 4) is 23.1 Å². The van der Waals surface area contributed by atoms with Gasteiger partial charge in [0.2, 0.25) is 5.88 Å². The molecular formula is C16H26N6O4. The molecule has 0 saturated heterocycles. The van der Waals surface area contributed by atoms with Crippen molar-refractivity contribution in [3.05, 3.63) is 10.1 Å². The Kier molecular flexibility index (Phi) is 5.73. The van der Waals surface area contributed by atoms with Gasteiger partial charge in [0, 0.05) is 13.1 Å². The molecule has 144 valence electrons. The highest BCUT2D eigenvalue weighted by molar-refractivity contribution is 5.81. The molecule has 26 heavy (non-hydrogen) atoms. The van der Waals surface area contributed by atoms with Crippen LogP contribution in [0.1, 0.15) is 27.7 Å². The highest BCUT2D eigenvalue weighted by Crippen LogP contribution is 2.42. The van der Waals surface area contributed by atoms with Crippen LogP contribution in [0.2, 0.25) is 0 Å². The van der Waals surface area contributed by atoms with E-state index in [2.05, 4.69) is 10.2 Å². The molecule has 0 amide bonds. The third-order valence-corrected chi connectivity index (χ3v) is 3.69. The summed E-state index contributed by atoms with van der Waals surface area (Å²) in [5.74, 6) is 0.955. The number of nitrogens with zero attached hydrogens (tertiary/aromatic N) is 5. The second kappa shape index (κ2) is 7.63. The fourth-order valence-electron chi connectivity index (χ4n) is 2.75. The van der Waals surface area contributed by atoms with Crippen LogP contribution in [0.25, 0.3) is 11.4 Å². The van der Waals surface area contributed by atoms with Gasteiger partial charge in [-0.1, -0.05) is 27.7 Å². The number of hydrogen-bond donors (Lipinski definition) is 1. The summed E-state index contributed by atoms with van der Waals surface area (Å²) in [4.78, 5) is 11.2. The van der Waals surface area contributed by atoms with Crippen LogP contribution in [0, 0.1) is 22.0 Å². The average Bonchev–Trinajstić information content (AvgIpc) is 3.03. The number of anilines is 1. The van der Waals surface area contributed by atoms with Crippen molar-refractivity contribution in [2.24, 2.45) is 11.8 Å². The SMILES string of the molecule is COc1c(N)c(-c2nn(CC(C)C)c(OC)c2[N+](=O)[O-])nn1CC(C)C. The van der Waals surface area contributed by atoms with Gasteiger partial charge in [-0.05, 0) is 11.8 Å². The quantitative estimate of drug-likeness (QED) is 0.562. The molecule has 0 aliphatic carbocycles. The summed E-state index contributed by atoms with van der Waals surface area (Å²) in [7, 11) is 2.87. The number of aromatic nitrogens is 4. The molecule has 0 atom stereocenters. The van der Waals surface area contributed by atoms with Gasteiger partial charge in [0.15, 0.2) is 5.69 Å². The van der Waals surface area contributed by atoms with Crippen LogP contribution in [0.3, 0.4) is 0 Å². The molecule has 10 nitrogen and oxygen atoms in total. The Morgan fingerprint density at radius 3 is 1.88 bits per heavy atom. The molecule has 2 aromatic rings. The first kappa shape index (κ1) is 19.5. The molecule has 2 heterocycles. The molecule has 0 saturated carbocycles. The fourth-order valence-corrected chi connectivity index (χ4v) is 2.75. The number of hydrogen-bond acceptors (Lipinski definition) is 7. The lowest BCUT2D eigenvalue weighted by atomic mass is 10.2. The predicted octanol–water partition coefficient (Wildman–Crippen LogP) is 2.57. The van der Waals surface area contributed by atoms with Crippen LogP contribution in [0.15, 0.2) is 0 Å². The summed E-state index contributed by atoms with van der Waals surface area (Å²) in [6, 6.07) is 0. The predicted molar refractivity (Wildman–Crippen MR) is 97.3 cm³/mol. The smallest absolute Gasteiger partial charge is 0.360 e. The standard InChI is InChI=1S/C16H26N6O4/c1-9(2)7-20-15(25-5)11(17)12(18-20)13-14(22(23)24)16(26-6)21(19-13)8-10(3)4/h9-10H,7-8,17H2,1-6H3. The number of ether oxygens (including phenoxy) is 2. The van der Waals surface area contributed by atoms with E-state index in [-0.39, 0.29) is 34.6 Å². The van der Waals surface area contributed by atoms with Gasteiger partial charge in [-0.15, -0.1) is 0 Å². The molecule has 2 N–H and O–H groups in total. The van der Waals surface area contributed by atoms with E-state index in [4.69, 9.17) is 15.2 Å². The summed E-state index contributed by atoms with van der Waals surface area (Å²) in [5, 5.41) is 20.5. The van der Waals surface area contributed by atoms with Gasteiger partial charge in [0.1, 0.15) is 11.4 Å². The van der Waals surface area contributed by atoms with Crippen molar-refractivity contribution in [2.75, 3.05) is 20.0 Å². The molecular weight excluding hydrogens is 340 g/mol. The Morgan fingerprint density at radius 2 is 1.46 bits per heavy atom. The van der Waals surface area contributed by atoms with Crippen molar-refractivity contribution in [1.29, 1.82) is 0 Å². The number of nitrogen functional groups attached to an aromatic ring is 1. The van der Waals surface area contributed by atoms with Crippen molar-refractivity contribution >= 4 is 11.4 Å². The molecule has 0 bridgehead atoms. The average molecular weight is 366 g/mol. The second-order valence-corrected chi connectivity index (χ2v) is 6.89. The van der Waals surface area contributed by atoms with E-state index in [1.165, 1.54) is 18.9 Å². The van der Waals surface area contributed by atoms with E-state index in [0.29, 0.717) is 24.9 Å². The molecule has 2 aromatic heterocycles. The van der Waals surface area contributed by atoms with E-state index < -0.39 is 4.92 Å². The molecule has 0 aromatic carbocycles. The minimum Gasteiger partial charge on any atom is -0.480 e. The number of rotatable bonds is 8. The van der Waals surface area contributed by atoms with Gasteiger partial charge < -0.3 is 15.2 Å². The van der Waals surface area contributed by atoms with E-state index in [9.17, 15) is 10.1 Å². The number of nitro groups is 1. The minimum absolute atomic E-state index is 0.0748. The Labute approximate surface area is 152 Å². The van der Waals surface area contributed by atoms with Gasteiger partial charge in [0.05, 0.1) is 19.1 Å². The summed E-state index contributed by atoms with van der Waals surface area (Å²) < 4.78 is 13.7. The van der Waals surface area contributed by atoms with Crippen LogP contribution in [0.5, 0.6) is 11.8 Å². The van der Waals surface area contributed by atoms with E-state index in [1.807, 2.05) is 27.7 Å². The van der Waals surface area contributed by atoms with E-state index in [0.717, 1.165) is 0 Å². The molecule has 10 heteroatoms. The molecule has 0 spiro atoms. The summed E-state index contributed by atoms with van der Waals surface area (Å²) in [6.07, 6.45) is 0.